The van der Waals surface area contributed by atoms with Crippen LogP contribution < -0.4 is 0 Å². The number of fused-ring (bicyclic) bond motifs is 5. The molecule has 0 spiro atoms. The molecule has 4 rings (SSSR count). The number of carbonyl (C=O) groups is 3. The van der Waals surface area contributed by atoms with Crippen LogP contribution in [0.3, 0.4) is 0 Å². The van der Waals surface area contributed by atoms with Gasteiger partial charge in [0.25, 0.3) is 0 Å². The van der Waals surface area contributed by atoms with Crippen molar-refractivity contribution in [3.8, 4) is 0 Å². The molecule has 4 unspecified atom stereocenters. The van der Waals surface area contributed by atoms with Crippen LogP contribution in [-0.4, -0.2) is 24.6 Å². The van der Waals surface area contributed by atoms with Crippen molar-refractivity contribution in [3.63, 3.8) is 0 Å². The summed E-state index contributed by atoms with van der Waals surface area (Å²) in [5.41, 5.74) is 0.978. The molecule has 142 valence electrons. The smallest absolute Gasteiger partial charge is 0.330 e. The molecule has 0 aromatic carbocycles. The van der Waals surface area contributed by atoms with Gasteiger partial charge in [0, 0.05) is 30.8 Å². The summed E-state index contributed by atoms with van der Waals surface area (Å²) in [6, 6.07) is 0. The van der Waals surface area contributed by atoms with Crippen LogP contribution in [0.1, 0.15) is 65.2 Å². The van der Waals surface area contributed by atoms with E-state index >= 15 is 0 Å². The predicted octanol–water partition coefficient (Wildman–Crippen LogP) is 3.88. The van der Waals surface area contributed by atoms with Gasteiger partial charge in [-0.05, 0) is 61.2 Å². The summed E-state index contributed by atoms with van der Waals surface area (Å²) < 4.78 is 4.90. The van der Waals surface area contributed by atoms with Crippen molar-refractivity contribution in [1.82, 2.24) is 0 Å². The van der Waals surface area contributed by atoms with E-state index in [4.69, 9.17) is 4.74 Å². The molecule has 4 aliphatic carbocycles. The molecule has 26 heavy (non-hydrogen) atoms. The highest BCUT2D eigenvalue weighted by Crippen LogP contribution is 2.66. The molecule has 4 aliphatic rings. The van der Waals surface area contributed by atoms with Gasteiger partial charge in [-0.25, -0.2) is 4.79 Å². The highest BCUT2D eigenvalue weighted by molar-refractivity contribution is 5.87. The monoisotopic (exact) mass is 358 g/mol. The van der Waals surface area contributed by atoms with Crippen LogP contribution in [0.15, 0.2) is 11.6 Å². The van der Waals surface area contributed by atoms with Gasteiger partial charge < -0.3 is 4.74 Å². The second-order valence-electron chi connectivity index (χ2n) is 9.54. The standard InChI is InChI=1S/C22H30O4/c1-21-8-6-14(23)12-18(21)13(11-20(25)26-3)10-15-16-4-5-19(24)22(16,2)9-7-17(15)21/h11,15-18H,4-10,12H2,1-3H3/b13-11+/t15?,16?,17?,18?,21-,22+/m1/s1. The Morgan fingerprint density at radius 3 is 2.58 bits per heavy atom. The molecule has 4 saturated carbocycles. The average Bonchev–Trinajstić information content (AvgIpc) is 2.91. The van der Waals surface area contributed by atoms with Gasteiger partial charge in [0.1, 0.15) is 11.6 Å². The van der Waals surface area contributed by atoms with E-state index in [0.29, 0.717) is 48.6 Å². The number of methoxy groups -OCH3 is 1. The Morgan fingerprint density at radius 1 is 1.08 bits per heavy atom. The third-order valence-electron chi connectivity index (χ3n) is 8.59. The number of carbonyl (C=O) groups excluding carboxylic acids is 3. The summed E-state index contributed by atoms with van der Waals surface area (Å²) in [7, 11) is 1.41. The molecule has 0 aliphatic heterocycles. The lowest BCUT2D eigenvalue weighted by atomic mass is 9.44. The summed E-state index contributed by atoms with van der Waals surface area (Å²) in [6.45, 7) is 4.51. The Kier molecular flexibility index (Phi) is 4.16. The first-order valence-corrected chi connectivity index (χ1v) is 10.1. The van der Waals surface area contributed by atoms with Gasteiger partial charge in [-0.3, -0.25) is 9.59 Å². The Balaban J connectivity index is 1.75. The Morgan fingerprint density at radius 2 is 1.85 bits per heavy atom. The summed E-state index contributed by atoms with van der Waals surface area (Å²) in [4.78, 5) is 36.8. The zero-order valence-corrected chi connectivity index (χ0v) is 16.2. The molecule has 6 atom stereocenters. The summed E-state index contributed by atoms with van der Waals surface area (Å²) in [6.07, 6.45) is 8.39. The molecule has 0 aromatic rings. The number of allylic oxidation sites excluding steroid dienone is 1. The van der Waals surface area contributed by atoms with Crippen molar-refractivity contribution in [1.29, 1.82) is 0 Å². The summed E-state index contributed by atoms with van der Waals surface area (Å²) in [5, 5.41) is 0. The molecule has 4 fully saturated rings. The van der Waals surface area contributed by atoms with E-state index in [-0.39, 0.29) is 22.7 Å². The molecule has 0 aromatic heterocycles. The number of hydrogen-bond acceptors (Lipinski definition) is 4. The van der Waals surface area contributed by atoms with Crippen molar-refractivity contribution >= 4 is 17.5 Å². The van der Waals surface area contributed by atoms with Crippen molar-refractivity contribution < 1.29 is 19.1 Å². The van der Waals surface area contributed by atoms with E-state index < -0.39 is 0 Å². The molecule has 4 nitrogen and oxygen atoms in total. The van der Waals surface area contributed by atoms with Crippen molar-refractivity contribution in [2.75, 3.05) is 7.11 Å². The third-order valence-corrected chi connectivity index (χ3v) is 8.59. The Labute approximate surface area is 155 Å². The van der Waals surface area contributed by atoms with E-state index in [1.807, 2.05) is 0 Å². The van der Waals surface area contributed by atoms with E-state index in [9.17, 15) is 14.4 Å². The predicted molar refractivity (Wildman–Crippen MR) is 97.2 cm³/mol. The van der Waals surface area contributed by atoms with Crippen molar-refractivity contribution in [2.45, 2.75) is 65.2 Å². The minimum atomic E-state index is -0.320. The van der Waals surface area contributed by atoms with E-state index in [1.165, 1.54) is 7.11 Å². The Hall–Kier alpha value is -1.45. The maximum absolute atomic E-state index is 12.6. The van der Waals surface area contributed by atoms with Gasteiger partial charge in [0.2, 0.25) is 0 Å². The first-order valence-electron chi connectivity index (χ1n) is 10.1. The molecular weight excluding hydrogens is 328 g/mol. The third kappa shape index (κ3) is 2.44. The maximum atomic E-state index is 12.6. The molecule has 0 radical (unpaired) electrons. The average molecular weight is 358 g/mol. The first-order chi connectivity index (χ1) is 12.3. The fourth-order valence-electron chi connectivity index (χ4n) is 7.09. The molecule has 0 N–H and O–H groups in total. The molecule has 0 bridgehead atoms. The minimum absolute atomic E-state index is 0.0592. The second kappa shape index (κ2) is 6.03. The zero-order valence-electron chi connectivity index (χ0n) is 16.2. The lowest BCUT2D eigenvalue weighted by Gasteiger charge is -2.60. The van der Waals surface area contributed by atoms with Gasteiger partial charge in [-0.15, -0.1) is 0 Å². The van der Waals surface area contributed by atoms with Crippen molar-refractivity contribution in [3.05, 3.63) is 11.6 Å². The number of ether oxygens (including phenoxy) is 1. The zero-order chi connectivity index (χ0) is 18.7. The number of rotatable bonds is 1. The molecule has 0 heterocycles. The van der Waals surface area contributed by atoms with Crippen LogP contribution in [0.2, 0.25) is 0 Å². The van der Waals surface area contributed by atoms with Crippen LogP contribution in [0.5, 0.6) is 0 Å². The fourth-order valence-corrected chi connectivity index (χ4v) is 7.09. The number of ketones is 2. The van der Waals surface area contributed by atoms with Crippen LogP contribution in [0.4, 0.5) is 0 Å². The summed E-state index contributed by atoms with van der Waals surface area (Å²) >= 11 is 0. The largest absolute Gasteiger partial charge is 0.466 e. The number of esters is 1. The van der Waals surface area contributed by atoms with Gasteiger partial charge in [-0.1, -0.05) is 19.4 Å². The lowest BCUT2D eigenvalue weighted by Crippen LogP contribution is -2.54. The van der Waals surface area contributed by atoms with Gasteiger partial charge in [0.05, 0.1) is 7.11 Å². The van der Waals surface area contributed by atoms with E-state index in [1.54, 1.807) is 6.08 Å². The highest BCUT2D eigenvalue weighted by atomic mass is 16.5. The lowest BCUT2D eigenvalue weighted by molar-refractivity contribution is -0.140. The summed E-state index contributed by atoms with van der Waals surface area (Å²) in [5.74, 6) is 2.02. The van der Waals surface area contributed by atoms with Crippen LogP contribution in [-0.2, 0) is 19.1 Å². The normalized spacial score (nSPS) is 46.5. The molecular formula is C22H30O4. The number of Topliss-reactive ketones (excluding diaryl/α,β-unsaturated/α-hetero) is 2. The quantitative estimate of drug-likeness (QED) is 0.527. The van der Waals surface area contributed by atoms with Crippen LogP contribution in [0, 0.1) is 34.5 Å². The maximum Gasteiger partial charge on any atom is 0.330 e. The molecule has 4 heteroatoms. The Bertz CT molecular complexity index is 692. The van der Waals surface area contributed by atoms with Gasteiger partial charge >= 0.3 is 5.97 Å². The highest BCUT2D eigenvalue weighted by Gasteiger charge is 2.61. The van der Waals surface area contributed by atoms with Gasteiger partial charge in [0.15, 0.2) is 0 Å². The SMILES string of the molecule is COC(=O)/C=C1\CC2C(CC[C@]3(C)C(=O)CCC23)[C@@]2(C)CCC(=O)CC12. The number of hydrogen-bond donors (Lipinski definition) is 0. The molecule has 0 amide bonds. The van der Waals surface area contributed by atoms with Crippen LogP contribution in [0.25, 0.3) is 0 Å². The van der Waals surface area contributed by atoms with Gasteiger partial charge in [-0.2, -0.15) is 0 Å². The molecule has 0 saturated heterocycles. The first kappa shape index (κ1) is 17.9. The van der Waals surface area contributed by atoms with E-state index in [0.717, 1.165) is 37.7 Å². The second-order valence-corrected chi connectivity index (χ2v) is 9.54. The van der Waals surface area contributed by atoms with E-state index in [2.05, 4.69) is 13.8 Å². The van der Waals surface area contributed by atoms with Crippen LogP contribution >= 0.6 is 0 Å². The minimum Gasteiger partial charge on any atom is -0.466 e. The van der Waals surface area contributed by atoms with Crippen molar-refractivity contribution in [2.24, 2.45) is 34.5 Å². The topological polar surface area (TPSA) is 60.4 Å². The fraction of sp³-hybridized carbons (Fsp3) is 0.773.